The molecular weight excluding hydrogens is 360 g/mol. The highest BCUT2D eigenvalue weighted by Gasteiger charge is 2.58. The zero-order valence-electron chi connectivity index (χ0n) is 13.9. The molecule has 2 aliphatic heterocycles. The van der Waals surface area contributed by atoms with Crippen molar-refractivity contribution in [1.82, 2.24) is 0 Å². The van der Waals surface area contributed by atoms with E-state index in [9.17, 15) is 35.4 Å². The Kier molecular flexibility index (Phi) is 6.90. The van der Waals surface area contributed by atoms with Crippen molar-refractivity contribution in [1.29, 1.82) is 0 Å². The zero-order chi connectivity index (χ0) is 19.6. The van der Waals surface area contributed by atoms with Crippen LogP contribution >= 0.6 is 0 Å². The molecule has 152 valence electrons. The number of carbonyl (C=O) groups is 1. The molecule has 26 heavy (non-hydrogen) atoms. The molecule has 12 heteroatoms. The molecule has 7 N–H and O–H groups in total. The summed E-state index contributed by atoms with van der Waals surface area (Å²) in [6.07, 6.45) is -12.9. The summed E-state index contributed by atoms with van der Waals surface area (Å²) in [5, 5.41) is 68.6. The lowest BCUT2D eigenvalue weighted by molar-refractivity contribution is -0.383. The Morgan fingerprint density at radius 1 is 1.00 bits per heavy atom. The Labute approximate surface area is 148 Å². The maximum Gasteiger partial charge on any atom is 0.302 e. The lowest BCUT2D eigenvalue weighted by Crippen LogP contribution is -2.62. The van der Waals surface area contributed by atoms with Crippen molar-refractivity contribution in [2.24, 2.45) is 0 Å². The molecule has 0 spiro atoms. The predicted octanol–water partition coefficient (Wildman–Crippen LogP) is -4.82. The summed E-state index contributed by atoms with van der Waals surface area (Å²) >= 11 is 0. The van der Waals surface area contributed by atoms with Crippen molar-refractivity contribution in [3.8, 4) is 0 Å². The van der Waals surface area contributed by atoms with E-state index in [1.165, 1.54) is 0 Å². The molecule has 2 rings (SSSR count). The van der Waals surface area contributed by atoms with Gasteiger partial charge in [0.05, 0.1) is 6.61 Å². The minimum atomic E-state index is -2.26. The molecule has 0 aromatic carbocycles. The number of ether oxygens (including phenoxy) is 4. The number of hydrogen-bond acceptors (Lipinski definition) is 12. The Bertz CT molecular complexity index is 489. The Morgan fingerprint density at radius 2 is 1.65 bits per heavy atom. The molecule has 2 aliphatic rings. The zero-order valence-corrected chi connectivity index (χ0v) is 13.9. The van der Waals surface area contributed by atoms with Crippen LogP contribution in [-0.2, 0) is 23.7 Å². The molecular formula is C14H24O12. The highest BCUT2D eigenvalue weighted by molar-refractivity contribution is 5.65. The van der Waals surface area contributed by atoms with Crippen LogP contribution < -0.4 is 0 Å². The van der Waals surface area contributed by atoms with Gasteiger partial charge in [-0.25, -0.2) is 0 Å². The lowest BCUT2D eigenvalue weighted by atomic mass is 9.99. The van der Waals surface area contributed by atoms with Crippen molar-refractivity contribution in [3.05, 3.63) is 0 Å². The van der Waals surface area contributed by atoms with Crippen LogP contribution in [0.3, 0.4) is 0 Å². The van der Waals surface area contributed by atoms with Gasteiger partial charge in [0.25, 0.3) is 0 Å². The predicted molar refractivity (Wildman–Crippen MR) is 78.2 cm³/mol. The van der Waals surface area contributed by atoms with Gasteiger partial charge in [-0.15, -0.1) is 0 Å². The van der Waals surface area contributed by atoms with Crippen LogP contribution in [0, 0.1) is 0 Å². The first kappa shape index (κ1) is 21.4. The second-order valence-electron chi connectivity index (χ2n) is 6.18. The third-order valence-electron chi connectivity index (χ3n) is 4.34. The molecule has 0 radical (unpaired) electrons. The summed E-state index contributed by atoms with van der Waals surface area (Å²) in [5.74, 6) is -2.93. The Morgan fingerprint density at radius 3 is 2.15 bits per heavy atom. The van der Waals surface area contributed by atoms with E-state index in [1.807, 2.05) is 0 Å². The van der Waals surface area contributed by atoms with Crippen molar-refractivity contribution >= 4 is 5.97 Å². The number of rotatable bonds is 6. The van der Waals surface area contributed by atoms with E-state index in [0.29, 0.717) is 0 Å². The standard InChI is InChI=1S/C14H24O12/c1-5(17)23-3-7-8(18)10(20)11(21)13(24-7)26-14(4-16)12(22)9(19)6(2-15)25-14/h6-13,15-16,18-22H,2-4H2,1H3. The fourth-order valence-corrected chi connectivity index (χ4v) is 2.82. The second-order valence-corrected chi connectivity index (χ2v) is 6.18. The summed E-state index contributed by atoms with van der Waals surface area (Å²) in [6, 6.07) is 0. The van der Waals surface area contributed by atoms with Crippen LogP contribution in [0.15, 0.2) is 0 Å². The van der Waals surface area contributed by atoms with Crippen LogP contribution in [0.25, 0.3) is 0 Å². The fraction of sp³-hybridized carbons (Fsp3) is 0.929. The molecule has 0 aromatic rings. The van der Waals surface area contributed by atoms with E-state index in [4.69, 9.17) is 24.1 Å². The van der Waals surface area contributed by atoms with Gasteiger partial charge in [0, 0.05) is 6.92 Å². The summed E-state index contributed by atoms with van der Waals surface area (Å²) in [4.78, 5) is 10.9. The molecule has 9 unspecified atom stereocenters. The Balaban J connectivity index is 2.16. The average Bonchev–Trinajstić information content (AvgIpc) is 2.86. The smallest absolute Gasteiger partial charge is 0.302 e. The third kappa shape index (κ3) is 3.99. The van der Waals surface area contributed by atoms with E-state index in [2.05, 4.69) is 0 Å². The molecule has 2 saturated heterocycles. The van der Waals surface area contributed by atoms with Crippen molar-refractivity contribution in [3.63, 3.8) is 0 Å². The molecule has 12 nitrogen and oxygen atoms in total. The van der Waals surface area contributed by atoms with Gasteiger partial charge in [-0.3, -0.25) is 4.79 Å². The van der Waals surface area contributed by atoms with Gasteiger partial charge in [0.1, 0.15) is 55.9 Å². The number of carbonyl (C=O) groups excluding carboxylic acids is 1. The molecule has 0 aromatic heterocycles. The molecule has 9 atom stereocenters. The average molecular weight is 384 g/mol. The monoisotopic (exact) mass is 384 g/mol. The first-order chi connectivity index (χ1) is 12.2. The highest BCUT2D eigenvalue weighted by Crippen LogP contribution is 2.35. The SMILES string of the molecule is CC(=O)OCC1OC(OC2(CO)OC(CO)C(O)C2O)C(O)C(O)C1O. The minimum absolute atomic E-state index is 0.461. The van der Waals surface area contributed by atoms with Gasteiger partial charge in [0.2, 0.25) is 5.79 Å². The first-order valence-electron chi connectivity index (χ1n) is 7.93. The third-order valence-corrected chi connectivity index (χ3v) is 4.34. The van der Waals surface area contributed by atoms with Crippen LogP contribution in [-0.4, -0.2) is 116 Å². The van der Waals surface area contributed by atoms with Crippen molar-refractivity contribution in [2.45, 2.75) is 61.7 Å². The number of aliphatic hydroxyl groups is 7. The quantitative estimate of drug-likeness (QED) is 0.216. The van der Waals surface area contributed by atoms with Crippen molar-refractivity contribution in [2.75, 3.05) is 19.8 Å². The summed E-state index contributed by atoms with van der Waals surface area (Å²) in [6.45, 7) is -1.01. The van der Waals surface area contributed by atoms with Crippen LogP contribution in [0.1, 0.15) is 6.92 Å². The largest absolute Gasteiger partial charge is 0.463 e. The van der Waals surface area contributed by atoms with E-state index in [0.717, 1.165) is 6.92 Å². The van der Waals surface area contributed by atoms with Gasteiger partial charge in [-0.05, 0) is 0 Å². The van der Waals surface area contributed by atoms with E-state index >= 15 is 0 Å². The number of hydrogen-bond donors (Lipinski definition) is 7. The maximum atomic E-state index is 10.9. The van der Waals surface area contributed by atoms with Crippen LogP contribution in [0.2, 0.25) is 0 Å². The topological polar surface area (TPSA) is 196 Å². The molecule has 0 amide bonds. The van der Waals surface area contributed by atoms with Gasteiger partial charge < -0.3 is 54.7 Å². The number of aliphatic hydroxyl groups excluding tert-OH is 7. The van der Waals surface area contributed by atoms with E-state index < -0.39 is 80.6 Å². The molecule has 0 bridgehead atoms. The van der Waals surface area contributed by atoms with E-state index in [1.54, 1.807) is 0 Å². The van der Waals surface area contributed by atoms with Gasteiger partial charge in [-0.1, -0.05) is 0 Å². The molecule has 2 heterocycles. The molecule has 0 saturated carbocycles. The van der Waals surface area contributed by atoms with E-state index in [-0.39, 0.29) is 0 Å². The normalized spacial score (nSPS) is 46.3. The second kappa shape index (κ2) is 8.39. The number of esters is 1. The van der Waals surface area contributed by atoms with Gasteiger partial charge in [-0.2, -0.15) is 0 Å². The minimum Gasteiger partial charge on any atom is -0.463 e. The van der Waals surface area contributed by atoms with Crippen LogP contribution in [0.5, 0.6) is 0 Å². The summed E-state index contributed by atoms with van der Waals surface area (Å²) in [7, 11) is 0. The first-order valence-corrected chi connectivity index (χ1v) is 7.93. The van der Waals surface area contributed by atoms with Crippen LogP contribution in [0.4, 0.5) is 0 Å². The maximum absolute atomic E-state index is 10.9. The summed E-state index contributed by atoms with van der Waals surface area (Å²) < 4.78 is 20.4. The van der Waals surface area contributed by atoms with Gasteiger partial charge >= 0.3 is 5.97 Å². The van der Waals surface area contributed by atoms with Crippen molar-refractivity contribution < 1.29 is 59.5 Å². The fourth-order valence-electron chi connectivity index (χ4n) is 2.82. The molecule has 2 fully saturated rings. The lowest BCUT2D eigenvalue weighted by Gasteiger charge is -2.43. The highest BCUT2D eigenvalue weighted by atomic mass is 16.8. The van der Waals surface area contributed by atoms with Gasteiger partial charge in [0.15, 0.2) is 6.29 Å². The molecule has 0 aliphatic carbocycles. The Hall–Kier alpha value is -0.930. The summed E-state index contributed by atoms with van der Waals surface area (Å²) in [5.41, 5.74) is 0.